The molecule has 0 aliphatic carbocycles. The molecule has 1 aromatic carbocycles. The molecule has 106 valence electrons. The van der Waals surface area contributed by atoms with Crippen molar-refractivity contribution in [1.29, 1.82) is 0 Å². The van der Waals surface area contributed by atoms with E-state index in [-0.39, 0.29) is 5.88 Å². The van der Waals surface area contributed by atoms with Crippen LogP contribution in [0.15, 0.2) is 46.9 Å². The molecule has 0 radical (unpaired) electrons. The maximum Gasteiger partial charge on any atom is 0.433 e. The maximum atomic E-state index is 10.6. The second-order valence-electron chi connectivity index (χ2n) is 4.11. The molecule has 1 unspecified atom stereocenters. The van der Waals surface area contributed by atoms with E-state index in [4.69, 9.17) is 16.0 Å². The van der Waals surface area contributed by atoms with E-state index in [1.807, 2.05) is 30.3 Å². The predicted octanol–water partition coefficient (Wildman–Crippen LogP) is 4.03. The smallest absolute Gasteiger partial charge is 0.398 e. The predicted molar refractivity (Wildman–Crippen MR) is 78.4 cm³/mol. The maximum absolute atomic E-state index is 10.6. The lowest BCUT2D eigenvalue weighted by Gasteiger charge is -2.04. The van der Waals surface area contributed by atoms with Crippen LogP contribution in [0.2, 0.25) is 0 Å². The van der Waals surface area contributed by atoms with Gasteiger partial charge in [-0.25, -0.2) is 0 Å². The van der Waals surface area contributed by atoms with Gasteiger partial charge in [-0.15, -0.1) is 21.8 Å². The van der Waals surface area contributed by atoms with Gasteiger partial charge in [0.1, 0.15) is 15.3 Å². The molecule has 0 amide bonds. The summed E-state index contributed by atoms with van der Waals surface area (Å²) in [6.07, 6.45) is 0. The van der Waals surface area contributed by atoms with Crippen molar-refractivity contribution in [2.45, 2.75) is 5.38 Å². The quantitative estimate of drug-likeness (QED) is 0.411. The lowest BCUT2D eigenvalue weighted by Crippen LogP contribution is -1.91. The molecule has 21 heavy (non-hydrogen) atoms. The average Bonchev–Trinajstić information content (AvgIpc) is 3.16. The van der Waals surface area contributed by atoms with E-state index in [0.717, 1.165) is 5.56 Å². The summed E-state index contributed by atoms with van der Waals surface area (Å²) in [5, 5.41) is 19.3. The second kappa shape index (κ2) is 5.63. The molecule has 0 fully saturated rings. The molecule has 6 nitrogen and oxygen atoms in total. The van der Waals surface area contributed by atoms with Gasteiger partial charge in [0.05, 0.1) is 6.07 Å². The molecular formula is C13H8ClN3O3S. The molecule has 0 saturated heterocycles. The first kappa shape index (κ1) is 13.7. The lowest BCUT2D eigenvalue weighted by atomic mass is 10.1. The van der Waals surface area contributed by atoms with Gasteiger partial charge in [-0.3, -0.25) is 10.1 Å². The van der Waals surface area contributed by atoms with Crippen LogP contribution in [0.3, 0.4) is 0 Å². The van der Waals surface area contributed by atoms with E-state index in [9.17, 15) is 10.1 Å². The minimum Gasteiger partial charge on any atom is -0.398 e. The molecule has 0 N–H and O–H groups in total. The molecule has 1 atom stereocenters. The number of alkyl halides is 1. The van der Waals surface area contributed by atoms with Gasteiger partial charge in [0.2, 0.25) is 0 Å². The van der Waals surface area contributed by atoms with Crippen molar-refractivity contribution in [3.63, 3.8) is 0 Å². The third-order valence-corrected chi connectivity index (χ3v) is 4.32. The molecule has 0 spiro atoms. The Labute approximate surface area is 128 Å². The molecule has 3 aromatic rings. The summed E-state index contributed by atoms with van der Waals surface area (Å²) in [7, 11) is 0. The third kappa shape index (κ3) is 2.79. The van der Waals surface area contributed by atoms with Crippen molar-refractivity contribution in [1.82, 2.24) is 10.2 Å². The Morgan fingerprint density at radius 1 is 1.19 bits per heavy atom. The summed E-state index contributed by atoms with van der Waals surface area (Å²) in [5.41, 5.74) is 0.910. The largest absolute Gasteiger partial charge is 0.433 e. The van der Waals surface area contributed by atoms with Crippen molar-refractivity contribution < 1.29 is 9.34 Å². The van der Waals surface area contributed by atoms with Gasteiger partial charge in [-0.1, -0.05) is 41.7 Å². The average molecular weight is 322 g/mol. The number of nitrogens with zero attached hydrogens (tertiary/aromatic N) is 3. The number of halogens is 1. The molecule has 2 aromatic heterocycles. The monoisotopic (exact) mass is 321 g/mol. The number of furan rings is 1. The molecule has 3 rings (SSSR count). The first-order chi connectivity index (χ1) is 10.1. The van der Waals surface area contributed by atoms with E-state index < -0.39 is 10.3 Å². The highest BCUT2D eigenvalue weighted by Crippen LogP contribution is 2.35. The topological polar surface area (TPSA) is 82.1 Å². The zero-order valence-corrected chi connectivity index (χ0v) is 12.0. The Morgan fingerprint density at radius 2 is 1.95 bits per heavy atom. The van der Waals surface area contributed by atoms with Gasteiger partial charge in [0.25, 0.3) is 0 Å². The van der Waals surface area contributed by atoms with Gasteiger partial charge >= 0.3 is 5.88 Å². The molecule has 0 aliphatic rings. The van der Waals surface area contributed by atoms with Crippen molar-refractivity contribution in [3.8, 4) is 10.8 Å². The highest BCUT2D eigenvalue weighted by atomic mass is 35.5. The minimum absolute atomic E-state index is 0.308. The highest BCUT2D eigenvalue weighted by molar-refractivity contribution is 7.14. The van der Waals surface area contributed by atoms with Gasteiger partial charge < -0.3 is 4.42 Å². The van der Waals surface area contributed by atoms with Gasteiger partial charge in [-0.2, -0.15) is 0 Å². The summed E-state index contributed by atoms with van der Waals surface area (Å²) in [4.78, 5) is 10.0. The molecule has 2 heterocycles. The molecular weight excluding hydrogens is 314 g/mol. The van der Waals surface area contributed by atoms with Crippen LogP contribution >= 0.6 is 22.9 Å². The summed E-state index contributed by atoms with van der Waals surface area (Å²) in [6, 6.07) is 12.3. The van der Waals surface area contributed by atoms with Crippen LogP contribution in [-0.2, 0) is 0 Å². The van der Waals surface area contributed by atoms with Crippen LogP contribution in [0.5, 0.6) is 0 Å². The standard InChI is InChI=1S/C13H8ClN3O3S/c14-11(8-4-2-1-3-5-8)13-16-15-12(21-13)9-6-7-10(20-9)17(18)19/h1-7,11H. The van der Waals surface area contributed by atoms with Gasteiger partial charge in [0, 0.05) is 0 Å². The van der Waals surface area contributed by atoms with E-state index in [2.05, 4.69) is 10.2 Å². The first-order valence-corrected chi connectivity index (χ1v) is 7.17. The molecule has 0 aliphatic heterocycles. The Hall–Kier alpha value is -2.25. The summed E-state index contributed by atoms with van der Waals surface area (Å²) in [5.74, 6) is -0.0189. The number of hydrogen-bond acceptors (Lipinski definition) is 6. The fourth-order valence-electron chi connectivity index (χ4n) is 1.74. The van der Waals surface area contributed by atoms with Gasteiger partial charge in [0.15, 0.2) is 10.8 Å². The van der Waals surface area contributed by atoms with E-state index in [0.29, 0.717) is 15.8 Å². The number of nitro groups is 1. The van der Waals surface area contributed by atoms with Crippen LogP contribution < -0.4 is 0 Å². The number of aromatic nitrogens is 2. The Bertz CT molecular complexity index is 772. The van der Waals surface area contributed by atoms with Gasteiger partial charge in [-0.05, 0) is 11.6 Å². The van der Waals surface area contributed by atoms with Crippen molar-refractivity contribution >= 4 is 28.8 Å². The summed E-state index contributed by atoms with van der Waals surface area (Å²) in [6.45, 7) is 0. The molecule has 0 bridgehead atoms. The number of benzene rings is 1. The zero-order chi connectivity index (χ0) is 14.8. The van der Waals surface area contributed by atoms with Crippen molar-refractivity contribution in [2.24, 2.45) is 0 Å². The Balaban J connectivity index is 1.87. The van der Waals surface area contributed by atoms with E-state index >= 15 is 0 Å². The Kier molecular flexibility index (Phi) is 3.68. The van der Waals surface area contributed by atoms with Crippen LogP contribution in [-0.4, -0.2) is 15.1 Å². The minimum atomic E-state index is -0.597. The Morgan fingerprint density at radius 3 is 2.62 bits per heavy atom. The van der Waals surface area contributed by atoms with Crippen molar-refractivity contribution in [2.75, 3.05) is 0 Å². The first-order valence-electron chi connectivity index (χ1n) is 5.92. The summed E-state index contributed by atoms with van der Waals surface area (Å²) >= 11 is 7.60. The fraction of sp³-hybridized carbons (Fsp3) is 0.0769. The van der Waals surface area contributed by atoms with Crippen LogP contribution in [0.4, 0.5) is 5.88 Å². The number of hydrogen-bond donors (Lipinski definition) is 0. The van der Waals surface area contributed by atoms with E-state index in [1.54, 1.807) is 0 Å². The normalized spacial score (nSPS) is 12.2. The SMILES string of the molecule is O=[N+]([O-])c1ccc(-c2nnc(C(Cl)c3ccccc3)s2)o1. The third-order valence-electron chi connectivity index (χ3n) is 2.73. The van der Waals surface area contributed by atoms with Crippen LogP contribution in [0.1, 0.15) is 15.9 Å². The second-order valence-corrected chi connectivity index (χ2v) is 5.56. The van der Waals surface area contributed by atoms with Crippen molar-refractivity contribution in [3.05, 3.63) is 63.1 Å². The van der Waals surface area contributed by atoms with Crippen LogP contribution in [0, 0.1) is 10.1 Å². The fourth-order valence-corrected chi connectivity index (χ4v) is 2.88. The van der Waals surface area contributed by atoms with Crippen LogP contribution in [0.25, 0.3) is 10.8 Å². The number of rotatable bonds is 4. The lowest BCUT2D eigenvalue weighted by molar-refractivity contribution is -0.401. The molecule has 8 heteroatoms. The molecule has 0 saturated carbocycles. The summed E-state index contributed by atoms with van der Waals surface area (Å²) < 4.78 is 5.10. The zero-order valence-electron chi connectivity index (χ0n) is 10.5. The van der Waals surface area contributed by atoms with E-state index in [1.165, 1.54) is 23.5 Å². The highest BCUT2D eigenvalue weighted by Gasteiger charge is 2.20.